The first-order valence-corrected chi connectivity index (χ1v) is 5.63. The number of H-pyrrole nitrogens is 1. The van der Waals surface area contributed by atoms with E-state index in [9.17, 15) is 4.79 Å². The maximum atomic E-state index is 12.0. The maximum absolute atomic E-state index is 12.0. The number of aromatic amines is 1. The fourth-order valence-electron chi connectivity index (χ4n) is 1.80. The molecule has 0 radical (unpaired) electrons. The summed E-state index contributed by atoms with van der Waals surface area (Å²) in [5, 5.41) is 15.0. The number of nitrogens with one attached hydrogen (secondary N) is 1. The van der Waals surface area contributed by atoms with E-state index >= 15 is 0 Å². The lowest BCUT2D eigenvalue weighted by molar-refractivity contribution is -0.0768. The average molecular weight is 245 g/mol. The van der Waals surface area contributed by atoms with Crippen molar-refractivity contribution >= 4 is 5.91 Å². The Kier molecular flexibility index (Phi) is 2.73. The number of tetrazole rings is 1. The SMILES string of the molecule is O=C(c1ccc(-c2nn[nH]n2)cc1)N1CCCO1. The Balaban J connectivity index is 1.80. The summed E-state index contributed by atoms with van der Waals surface area (Å²) in [6, 6.07) is 7.04. The van der Waals surface area contributed by atoms with Crippen LogP contribution in [0.4, 0.5) is 0 Å². The summed E-state index contributed by atoms with van der Waals surface area (Å²) in [6.07, 6.45) is 0.882. The van der Waals surface area contributed by atoms with Gasteiger partial charge in [0.1, 0.15) is 0 Å². The van der Waals surface area contributed by atoms with E-state index in [4.69, 9.17) is 4.84 Å². The van der Waals surface area contributed by atoms with E-state index in [1.165, 1.54) is 5.06 Å². The van der Waals surface area contributed by atoms with Gasteiger partial charge in [0.05, 0.1) is 13.2 Å². The van der Waals surface area contributed by atoms with Gasteiger partial charge in [0.25, 0.3) is 5.91 Å². The Labute approximate surface area is 103 Å². The largest absolute Gasteiger partial charge is 0.277 e. The monoisotopic (exact) mass is 245 g/mol. The first-order chi connectivity index (χ1) is 8.84. The van der Waals surface area contributed by atoms with E-state index in [2.05, 4.69) is 20.6 Å². The Morgan fingerprint density at radius 1 is 1.33 bits per heavy atom. The number of aromatic nitrogens is 4. The summed E-state index contributed by atoms with van der Waals surface area (Å²) < 4.78 is 0. The second-order valence-corrected chi connectivity index (χ2v) is 3.91. The molecule has 0 aliphatic carbocycles. The molecule has 1 N–H and O–H groups in total. The van der Waals surface area contributed by atoms with Crippen LogP contribution in [0.2, 0.25) is 0 Å². The van der Waals surface area contributed by atoms with Gasteiger partial charge in [-0.3, -0.25) is 9.63 Å². The molecule has 7 heteroatoms. The molecule has 1 fully saturated rings. The third-order valence-corrected chi connectivity index (χ3v) is 2.71. The van der Waals surface area contributed by atoms with Crippen molar-refractivity contribution in [1.29, 1.82) is 0 Å². The molecule has 1 saturated heterocycles. The Hall–Kier alpha value is -2.28. The number of nitrogens with zero attached hydrogens (tertiary/aromatic N) is 4. The van der Waals surface area contributed by atoms with Crippen LogP contribution in [-0.2, 0) is 4.84 Å². The van der Waals surface area contributed by atoms with Crippen LogP contribution in [0.5, 0.6) is 0 Å². The predicted molar refractivity (Wildman–Crippen MR) is 61.2 cm³/mol. The molecule has 92 valence electrons. The summed E-state index contributed by atoms with van der Waals surface area (Å²) in [5.41, 5.74) is 1.40. The highest BCUT2D eigenvalue weighted by atomic mass is 16.7. The molecule has 0 atom stereocenters. The first kappa shape index (κ1) is 10.8. The van der Waals surface area contributed by atoms with Crippen LogP contribution in [0, 0.1) is 0 Å². The van der Waals surface area contributed by atoms with Crippen molar-refractivity contribution in [3.63, 3.8) is 0 Å². The second-order valence-electron chi connectivity index (χ2n) is 3.91. The molecule has 1 aromatic heterocycles. The number of carbonyl (C=O) groups is 1. The first-order valence-electron chi connectivity index (χ1n) is 5.63. The zero-order chi connectivity index (χ0) is 12.4. The molecule has 2 aromatic rings. The molecule has 18 heavy (non-hydrogen) atoms. The number of benzene rings is 1. The normalized spacial score (nSPS) is 15.0. The smallest absolute Gasteiger partial charge is 0.271 e. The molecular weight excluding hydrogens is 234 g/mol. The van der Waals surface area contributed by atoms with Gasteiger partial charge in [0.15, 0.2) is 0 Å². The van der Waals surface area contributed by atoms with Crippen LogP contribution in [0.3, 0.4) is 0 Å². The fraction of sp³-hybridized carbons (Fsp3) is 0.273. The third-order valence-electron chi connectivity index (χ3n) is 2.71. The van der Waals surface area contributed by atoms with Gasteiger partial charge < -0.3 is 0 Å². The van der Waals surface area contributed by atoms with Crippen LogP contribution >= 0.6 is 0 Å². The predicted octanol–water partition coefficient (Wildman–Crippen LogP) is 0.644. The van der Waals surface area contributed by atoms with Gasteiger partial charge >= 0.3 is 0 Å². The minimum Gasteiger partial charge on any atom is -0.271 e. The van der Waals surface area contributed by atoms with Crippen molar-refractivity contribution in [1.82, 2.24) is 25.7 Å². The molecule has 1 amide bonds. The van der Waals surface area contributed by atoms with E-state index in [1.807, 2.05) is 0 Å². The lowest BCUT2D eigenvalue weighted by atomic mass is 10.1. The summed E-state index contributed by atoms with van der Waals surface area (Å²) in [7, 11) is 0. The number of amides is 1. The molecule has 7 nitrogen and oxygen atoms in total. The minimum atomic E-state index is -0.118. The van der Waals surface area contributed by atoms with Crippen LogP contribution in [-0.4, -0.2) is 44.7 Å². The fourth-order valence-corrected chi connectivity index (χ4v) is 1.80. The second kappa shape index (κ2) is 4.53. The highest BCUT2D eigenvalue weighted by molar-refractivity contribution is 5.94. The summed E-state index contributed by atoms with van der Waals surface area (Å²) in [5.74, 6) is 0.388. The van der Waals surface area contributed by atoms with Crippen molar-refractivity contribution < 1.29 is 9.63 Å². The lowest BCUT2D eigenvalue weighted by Gasteiger charge is -2.13. The number of hydrogen-bond acceptors (Lipinski definition) is 5. The van der Waals surface area contributed by atoms with Crippen molar-refractivity contribution in [2.24, 2.45) is 0 Å². The van der Waals surface area contributed by atoms with E-state index in [1.54, 1.807) is 24.3 Å². The van der Waals surface area contributed by atoms with Crippen LogP contribution < -0.4 is 0 Å². The lowest BCUT2D eigenvalue weighted by Crippen LogP contribution is -2.26. The number of hydrogen-bond donors (Lipinski definition) is 1. The molecule has 1 aliphatic rings. The zero-order valence-electron chi connectivity index (χ0n) is 9.54. The van der Waals surface area contributed by atoms with Crippen LogP contribution in [0.15, 0.2) is 24.3 Å². The minimum absolute atomic E-state index is 0.118. The summed E-state index contributed by atoms with van der Waals surface area (Å²) in [6.45, 7) is 1.25. The van der Waals surface area contributed by atoms with Gasteiger partial charge in [-0.05, 0) is 23.8 Å². The average Bonchev–Trinajstić information content (AvgIpc) is 3.11. The topological polar surface area (TPSA) is 84.0 Å². The van der Waals surface area contributed by atoms with Crippen LogP contribution in [0.1, 0.15) is 16.8 Å². The van der Waals surface area contributed by atoms with E-state index in [-0.39, 0.29) is 5.91 Å². The van der Waals surface area contributed by atoms with Gasteiger partial charge in [-0.2, -0.15) is 5.21 Å². The van der Waals surface area contributed by atoms with Crippen molar-refractivity contribution in [3.05, 3.63) is 29.8 Å². The molecule has 1 aliphatic heterocycles. The van der Waals surface area contributed by atoms with Gasteiger partial charge in [0.2, 0.25) is 5.82 Å². The quantitative estimate of drug-likeness (QED) is 0.839. The highest BCUT2D eigenvalue weighted by Crippen LogP contribution is 2.16. The van der Waals surface area contributed by atoms with Gasteiger partial charge in [-0.1, -0.05) is 12.1 Å². The summed E-state index contributed by atoms with van der Waals surface area (Å²) >= 11 is 0. The summed E-state index contributed by atoms with van der Waals surface area (Å²) in [4.78, 5) is 17.2. The molecule has 0 spiro atoms. The Bertz CT molecular complexity index is 531. The Morgan fingerprint density at radius 3 is 2.78 bits per heavy atom. The molecule has 2 heterocycles. The standard InChI is InChI=1S/C11H11N5O2/c17-11(16-6-1-7-18-16)9-4-2-8(3-5-9)10-12-14-15-13-10/h2-5H,1,6-7H2,(H,12,13,14,15). The highest BCUT2D eigenvalue weighted by Gasteiger charge is 2.20. The number of hydroxylamine groups is 2. The maximum Gasteiger partial charge on any atom is 0.277 e. The molecule has 0 saturated carbocycles. The van der Waals surface area contributed by atoms with Crippen LogP contribution in [0.25, 0.3) is 11.4 Å². The molecule has 0 bridgehead atoms. The van der Waals surface area contributed by atoms with Gasteiger partial charge in [0, 0.05) is 11.1 Å². The zero-order valence-corrected chi connectivity index (χ0v) is 9.54. The molecule has 0 unspecified atom stereocenters. The van der Waals surface area contributed by atoms with Crippen molar-refractivity contribution in [3.8, 4) is 11.4 Å². The van der Waals surface area contributed by atoms with E-state index in [0.29, 0.717) is 24.5 Å². The Morgan fingerprint density at radius 2 is 2.17 bits per heavy atom. The van der Waals surface area contributed by atoms with E-state index < -0.39 is 0 Å². The number of rotatable bonds is 2. The third kappa shape index (κ3) is 1.95. The van der Waals surface area contributed by atoms with Crippen molar-refractivity contribution in [2.45, 2.75) is 6.42 Å². The molecule has 3 rings (SSSR count). The number of carbonyl (C=O) groups excluding carboxylic acids is 1. The molecular formula is C11H11N5O2. The van der Waals surface area contributed by atoms with E-state index in [0.717, 1.165) is 12.0 Å². The molecule has 1 aromatic carbocycles. The van der Waals surface area contributed by atoms with Crippen molar-refractivity contribution in [2.75, 3.05) is 13.2 Å². The van der Waals surface area contributed by atoms with Gasteiger partial charge in [-0.25, -0.2) is 5.06 Å². The van der Waals surface area contributed by atoms with Gasteiger partial charge in [-0.15, -0.1) is 10.2 Å².